The Morgan fingerprint density at radius 3 is 2.33 bits per heavy atom. The molecule has 6 nitrogen and oxygen atoms in total. The second-order valence-electron chi connectivity index (χ2n) is 5.78. The van der Waals surface area contributed by atoms with Crippen LogP contribution >= 0.6 is 11.8 Å². The Morgan fingerprint density at radius 1 is 1.10 bits per heavy atom. The predicted octanol–water partition coefficient (Wildman–Crippen LogP) is 0.392. The summed E-state index contributed by atoms with van der Waals surface area (Å²) in [5, 5.41) is 9.46. The van der Waals surface area contributed by atoms with Crippen molar-refractivity contribution in [2.75, 3.05) is 39.0 Å². The van der Waals surface area contributed by atoms with Crippen molar-refractivity contribution in [3.63, 3.8) is 0 Å². The molecule has 2 fully saturated rings. The molecule has 0 aromatic rings. The zero-order chi connectivity index (χ0) is 15.1. The van der Waals surface area contributed by atoms with E-state index in [0.29, 0.717) is 12.6 Å². The summed E-state index contributed by atoms with van der Waals surface area (Å²) < 4.78 is 0. The van der Waals surface area contributed by atoms with E-state index >= 15 is 0 Å². The molecule has 2 aliphatic heterocycles. The molecule has 0 bridgehead atoms. The maximum Gasteiger partial charge on any atom is 0.278 e. The summed E-state index contributed by atoms with van der Waals surface area (Å²) in [6, 6.07) is 0.589. The Morgan fingerprint density at radius 2 is 1.71 bits per heavy atom. The second kappa shape index (κ2) is 8.60. The fraction of sp³-hybridized carbons (Fsp3) is 0.857. The zero-order valence-electron chi connectivity index (χ0n) is 12.7. The first kappa shape index (κ1) is 16.6. The molecular weight excluding hydrogens is 288 g/mol. The average Bonchev–Trinajstić information content (AvgIpc) is 2.50. The number of thioether (sulfide) groups is 1. The van der Waals surface area contributed by atoms with Gasteiger partial charge in [-0.25, -0.2) is 0 Å². The molecular formula is C14H26N4O2S. The third kappa shape index (κ3) is 5.84. The van der Waals surface area contributed by atoms with Gasteiger partial charge in [0.05, 0.1) is 6.54 Å². The highest BCUT2D eigenvalue weighted by atomic mass is 32.2. The first-order chi connectivity index (χ1) is 10.2. The number of hydrogen-bond donors (Lipinski definition) is 3. The highest BCUT2D eigenvalue weighted by Crippen LogP contribution is 2.11. The Balaban J connectivity index is 1.63. The minimum Gasteiger partial charge on any atom is -0.352 e. The van der Waals surface area contributed by atoms with Crippen LogP contribution in [-0.4, -0.2) is 67.1 Å². The van der Waals surface area contributed by atoms with E-state index in [1.54, 1.807) is 6.26 Å². The summed E-state index contributed by atoms with van der Waals surface area (Å²) in [6.45, 7) is 4.21. The van der Waals surface area contributed by atoms with Crippen LogP contribution in [0.25, 0.3) is 0 Å². The van der Waals surface area contributed by atoms with Crippen molar-refractivity contribution >= 4 is 22.9 Å². The predicted molar refractivity (Wildman–Crippen MR) is 85.5 cm³/mol. The number of likely N-dealkylation sites (tertiary alicyclic amines) is 1. The van der Waals surface area contributed by atoms with Crippen molar-refractivity contribution in [1.82, 2.24) is 20.9 Å². The summed E-state index contributed by atoms with van der Waals surface area (Å²) >= 11 is 1.22. The average molecular weight is 314 g/mol. The first-order valence-corrected chi connectivity index (χ1v) is 8.97. The van der Waals surface area contributed by atoms with Gasteiger partial charge in [0.15, 0.2) is 0 Å². The van der Waals surface area contributed by atoms with Gasteiger partial charge in [-0.05, 0) is 45.0 Å². The summed E-state index contributed by atoms with van der Waals surface area (Å²) in [5.41, 5.74) is 0. The lowest BCUT2D eigenvalue weighted by Gasteiger charge is -2.32. The fourth-order valence-electron chi connectivity index (χ4n) is 2.90. The highest BCUT2D eigenvalue weighted by molar-refractivity contribution is 8.12. The monoisotopic (exact) mass is 314 g/mol. The van der Waals surface area contributed by atoms with Crippen LogP contribution < -0.4 is 16.0 Å². The Bertz CT molecular complexity index is 353. The summed E-state index contributed by atoms with van der Waals surface area (Å²) in [6.07, 6.45) is 5.68. The standard InChI is InChI=1S/C14H26N4O2S/c1-21-14(20)17-12-4-8-18(9-5-12)10-13(19)16-11-2-6-15-7-3-11/h11-12,15H,2-10H2,1H3,(H,16,19)(H,17,20). The number of carbonyl (C=O) groups is 2. The number of nitrogens with one attached hydrogen (secondary N) is 3. The van der Waals surface area contributed by atoms with Gasteiger partial charge in [-0.1, -0.05) is 11.8 Å². The number of rotatable bonds is 4. The third-order valence-electron chi connectivity index (χ3n) is 4.17. The quantitative estimate of drug-likeness (QED) is 0.700. The summed E-state index contributed by atoms with van der Waals surface area (Å²) in [5.74, 6) is 0.133. The fourth-order valence-corrected chi connectivity index (χ4v) is 3.19. The summed E-state index contributed by atoms with van der Waals surface area (Å²) in [4.78, 5) is 25.5. The molecule has 0 unspecified atom stereocenters. The van der Waals surface area contributed by atoms with Crippen molar-refractivity contribution in [2.24, 2.45) is 0 Å². The molecule has 0 atom stereocenters. The Hall–Kier alpha value is -0.790. The van der Waals surface area contributed by atoms with Gasteiger partial charge in [-0.3, -0.25) is 14.5 Å². The molecule has 2 amide bonds. The number of carbonyl (C=O) groups excluding carboxylic acids is 2. The Labute approximate surface area is 130 Å². The first-order valence-electron chi connectivity index (χ1n) is 7.74. The van der Waals surface area contributed by atoms with Crippen LogP contribution in [-0.2, 0) is 4.79 Å². The molecule has 0 radical (unpaired) electrons. The van der Waals surface area contributed by atoms with E-state index in [2.05, 4.69) is 20.9 Å². The number of piperidine rings is 2. The highest BCUT2D eigenvalue weighted by Gasteiger charge is 2.23. The molecule has 2 saturated heterocycles. The number of amides is 2. The lowest BCUT2D eigenvalue weighted by molar-refractivity contribution is -0.123. The molecule has 120 valence electrons. The largest absolute Gasteiger partial charge is 0.352 e. The van der Waals surface area contributed by atoms with Crippen molar-refractivity contribution in [1.29, 1.82) is 0 Å². The topological polar surface area (TPSA) is 73.5 Å². The zero-order valence-corrected chi connectivity index (χ0v) is 13.5. The smallest absolute Gasteiger partial charge is 0.278 e. The van der Waals surface area contributed by atoms with E-state index < -0.39 is 0 Å². The van der Waals surface area contributed by atoms with Gasteiger partial charge in [0.2, 0.25) is 5.91 Å². The SMILES string of the molecule is CSC(=O)NC1CCN(CC(=O)NC2CCNCC2)CC1. The minimum absolute atomic E-state index is 0.0390. The van der Waals surface area contributed by atoms with E-state index in [1.807, 2.05) is 0 Å². The van der Waals surface area contributed by atoms with E-state index in [9.17, 15) is 9.59 Å². The van der Waals surface area contributed by atoms with Gasteiger partial charge < -0.3 is 16.0 Å². The van der Waals surface area contributed by atoms with E-state index in [1.165, 1.54) is 11.8 Å². The molecule has 0 saturated carbocycles. The number of nitrogens with zero attached hydrogens (tertiary/aromatic N) is 1. The van der Waals surface area contributed by atoms with E-state index in [0.717, 1.165) is 51.9 Å². The molecule has 0 aliphatic carbocycles. The van der Waals surface area contributed by atoms with Crippen LogP contribution in [0.1, 0.15) is 25.7 Å². The van der Waals surface area contributed by atoms with Crippen LogP contribution in [0.4, 0.5) is 4.79 Å². The Kier molecular flexibility index (Phi) is 6.79. The van der Waals surface area contributed by atoms with Crippen molar-refractivity contribution in [3.8, 4) is 0 Å². The lowest BCUT2D eigenvalue weighted by atomic mass is 10.0. The van der Waals surface area contributed by atoms with Crippen LogP contribution in [0.5, 0.6) is 0 Å². The molecule has 21 heavy (non-hydrogen) atoms. The normalized spacial score (nSPS) is 22.0. The second-order valence-corrected chi connectivity index (χ2v) is 6.56. The molecule has 7 heteroatoms. The van der Waals surface area contributed by atoms with Crippen molar-refractivity contribution in [2.45, 2.75) is 37.8 Å². The van der Waals surface area contributed by atoms with Crippen LogP contribution in [0, 0.1) is 0 Å². The van der Waals surface area contributed by atoms with E-state index in [-0.39, 0.29) is 17.2 Å². The lowest BCUT2D eigenvalue weighted by Crippen LogP contribution is -2.49. The maximum absolute atomic E-state index is 12.0. The molecule has 3 N–H and O–H groups in total. The number of hydrogen-bond acceptors (Lipinski definition) is 5. The molecule has 0 aromatic carbocycles. The molecule has 2 heterocycles. The molecule has 2 aliphatic rings. The summed E-state index contributed by atoms with van der Waals surface area (Å²) in [7, 11) is 0. The van der Waals surface area contributed by atoms with E-state index in [4.69, 9.17) is 0 Å². The van der Waals surface area contributed by atoms with Gasteiger partial charge in [0.25, 0.3) is 5.24 Å². The van der Waals surface area contributed by atoms with Crippen molar-refractivity contribution < 1.29 is 9.59 Å². The molecule has 0 spiro atoms. The third-order valence-corrected chi connectivity index (χ3v) is 4.66. The van der Waals surface area contributed by atoms with Crippen LogP contribution in [0.2, 0.25) is 0 Å². The van der Waals surface area contributed by atoms with Gasteiger partial charge in [0.1, 0.15) is 0 Å². The minimum atomic E-state index is 0.0390. The van der Waals surface area contributed by atoms with Crippen LogP contribution in [0.15, 0.2) is 0 Å². The van der Waals surface area contributed by atoms with Gasteiger partial charge in [-0.2, -0.15) is 0 Å². The van der Waals surface area contributed by atoms with Crippen molar-refractivity contribution in [3.05, 3.63) is 0 Å². The van der Waals surface area contributed by atoms with Gasteiger partial charge in [-0.15, -0.1) is 0 Å². The van der Waals surface area contributed by atoms with Gasteiger partial charge in [0, 0.05) is 25.2 Å². The van der Waals surface area contributed by atoms with Crippen LogP contribution in [0.3, 0.4) is 0 Å². The maximum atomic E-state index is 12.0. The molecule has 0 aromatic heterocycles. The molecule has 2 rings (SSSR count). The van der Waals surface area contributed by atoms with Gasteiger partial charge >= 0.3 is 0 Å².